The van der Waals surface area contributed by atoms with Gasteiger partial charge in [0.15, 0.2) is 0 Å². The minimum Gasteiger partial charge on any atom is -0.459 e. The summed E-state index contributed by atoms with van der Waals surface area (Å²) in [6, 6.07) is 0. The van der Waals surface area contributed by atoms with Crippen LogP contribution in [0, 0.1) is 11.3 Å². The zero-order chi connectivity index (χ0) is 60.9. The van der Waals surface area contributed by atoms with Gasteiger partial charge in [-0.25, -0.2) is 9.59 Å². The van der Waals surface area contributed by atoms with Crippen molar-refractivity contribution in [2.45, 2.75) is 291 Å². The van der Waals surface area contributed by atoms with Crippen LogP contribution in [0.15, 0.2) is 24.8 Å². The van der Waals surface area contributed by atoms with E-state index in [1.165, 1.54) is 6.08 Å². The van der Waals surface area contributed by atoms with Crippen LogP contribution in [0.3, 0.4) is 0 Å². The minimum absolute atomic E-state index is 0.118. The maximum absolute atomic E-state index is 12.5. The lowest BCUT2D eigenvalue weighted by atomic mass is 9.67. The summed E-state index contributed by atoms with van der Waals surface area (Å²) in [7, 11) is 0. The standard InChI is InChI=1S/C62H119NO15/c1-25-27-50(65)77-48(4)47(3)38-76-58(19,20)41-61(39-56(15,16)72-34-29-52(7,8)67,40-57(17,18)75-37-32-55(13,14)78-49(64)26-2)44-71-45-62(63-46-70-33-28-51(5,6)66,42-59(21,22)73-35-30-53(9,10)68)43-60(23,24)74-36-31-54(11,12)69/h25-27,47-48,63,66-69H,2,28-46H2,1,3-24H3/b27-25+. The molecule has 0 aromatic rings. The molecule has 3 atom stereocenters. The molecule has 0 aromatic heterocycles. The van der Waals surface area contributed by atoms with Crippen LogP contribution in [-0.2, 0) is 52.2 Å². The summed E-state index contributed by atoms with van der Waals surface area (Å²) in [6.45, 7) is 49.7. The van der Waals surface area contributed by atoms with Crippen LogP contribution in [0.25, 0.3) is 0 Å². The largest absolute Gasteiger partial charge is 0.459 e. The lowest BCUT2D eigenvalue weighted by Gasteiger charge is -2.49. The highest BCUT2D eigenvalue weighted by atomic mass is 16.6. The number of allylic oxidation sites excluding steroid dienone is 1. The number of hydrogen-bond acceptors (Lipinski definition) is 16. The second-order valence-electron chi connectivity index (χ2n) is 28.9. The Balaban J connectivity index is 8.10. The molecule has 0 aromatic carbocycles. The predicted molar refractivity (Wildman–Crippen MR) is 311 cm³/mol. The second kappa shape index (κ2) is 31.6. The van der Waals surface area contributed by atoms with Crippen LogP contribution in [0.1, 0.15) is 223 Å². The van der Waals surface area contributed by atoms with Crippen LogP contribution in [0.4, 0.5) is 0 Å². The third-order valence-corrected chi connectivity index (χ3v) is 13.6. The first-order valence-corrected chi connectivity index (χ1v) is 28.7. The van der Waals surface area contributed by atoms with E-state index in [1.807, 2.05) is 55.4 Å². The zero-order valence-corrected chi connectivity index (χ0v) is 53.8. The van der Waals surface area contributed by atoms with Crippen molar-refractivity contribution < 1.29 is 72.6 Å². The number of esters is 2. The van der Waals surface area contributed by atoms with E-state index in [1.54, 1.807) is 68.4 Å². The van der Waals surface area contributed by atoms with E-state index in [0.29, 0.717) is 97.2 Å². The molecule has 0 aliphatic carbocycles. The molecule has 0 heterocycles. The van der Waals surface area contributed by atoms with Gasteiger partial charge in [0.2, 0.25) is 0 Å². The quantitative estimate of drug-likeness (QED) is 0.0166. The number of nitrogens with one attached hydrogen (secondary N) is 1. The van der Waals surface area contributed by atoms with Gasteiger partial charge in [-0.2, -0.15) is 0 Å². The van der Waals surface area contributed by atoms with Crippen molar-refractivity contribution in [3.63, 3.8) is 0 Å². The number of hydrogen-bond donors (Lipinski definition) is 5. The molecule has 0 saturated heterocycles. The molecule has 5 N–H and O–H groups in total. The first-order chi connectivity index (χ1) is 35.0. The SMILES string of the molecule is C=CC(=O)OC(C)(C)CCOC(C)(C)CC(COCC(CC(C)(C)OCCC(C)(C)O)(CC(C)(C)OCCC(C)(C)O)NCOCCC(C)(C)O)(CC(C)(C)OCCC(C)(C)O)CC(C)(C)OCC(C)C(C)OC(=O)/C=C/C. The van der Waals surface area contributed by atoms with E-state index in [9.17, 15) is 30.0 Å². The van der Waals surface area contributed by atoms with Crippen LogP contribution in [-0.4, -0.2) is 160 Å². The Kier molecular flexibility index (Phi) is 30.7. The molecule has 3 unspecified atom stereocenters. The van der Waals surface area contributed by atoms with Gasteiger partial charge in [0, 0.05) is 35.4 Å². The Bertz CT molecular complexity index is 1730. The predicted octanol–water partition coefficient (Wildman–Crippen LogP) is 10.9. The number of rotatable bonds is 44. The first kappa shape index (κ1) is 75.9. The summed E-state index contributed by atoms with van der Waals surface area (Å²) in [4.78, 5) is 24.7. The Hall–Kier alpha value is -2.06. The molecule has 462 valence electrons. The van der Waals surface area contributed by atoms with Crippen LogP contribution in [0.5, 0.6) is 0 Å². The molecule has 16 heteroatoms. The smallest absolute Gasteiger partial charge is 0.330 e. The molecule has 0 bridgehead atoms. The van der Waals surface area contributed by atoms with Gasteiger partial charge in [-0.3, -0.25) is 5.32 Å². The average molecular weight is 1120 g/mol. The lowest BCUT2D eigenvalue weighted by molar-refractivity contribution is -0.159. The summed E-state index contributed by atoms with van der Waals surface area (Å²) >= 11 is 0. The van der Waals surface area contributed by atoms with Crippen molar-refractivity contribution in [2.24, 2.45) is 11.3 Å². The second-order valence-corrected chi connectivity index (χ2v) is 28.9. The zero-order valence-electron chi connectivity index (χ0n) is 53.8. The number of carbonyl (C=O) groups excluding carboxylic acids is 2. The number of carbonyl (C=O) groups is 2. The van der Waals surface area contributed by atoms with Gasteiger partial charge >= 0.3 is 11.9 Å². The molecule has 0 aliphatic rings. The fourth-order valence-electron chi connectivity index (χ4n) is 9.97. The molecule has 0 aliphatic heterocycles. The maximum atomic E-state index is 12.5. The van der Waals surface area contributed by atoms with Crippen molar-refractivity contribution in [1.82, 2.24) is 5.32 Å². The van der Waals surface area contributed by atoms with Gasteiger partial charge in [0.05, 0.1) is 110 Å². The lowest BCUT2D eigenvalue weighted by Crippen LogP contribution is -2.58. The summed E-state index contributed by atoms with van der Waals surface area (Å²) < 4.78 is 58.7. The molecule has 0 spiro atoms. The Morgan fingerprint density at radius 1 is 0.487 bits per heavy atom. The third kappa shape index (κ3) is 37.9. The van der Waals surface area contributed by atoms with E-state index in [4.69, 9.17) is 42.6 Å². The van der Waals surface area contributed by atoms with Crippen molar-refractivity contribution in [3.8, 4) is 0 Å². The van der Waals surface area contributed by atoms with E-state index in [-0.39, 0.29) is 32.5 Å². The van der Waals surface area contributed by atoms with E-state index >= 15 is 0 Å². The maximum Gasteiger partial charge on any atom is 0.330 e. The van der Waals surface area contributed by atoms with Crippen LogP contribution < -0.4 is 5.32 Å². The van der Waals surface area contributed by atoms with Crippen molar-refractivity contribution in [1.29, 1.82) is 0 Å². The normalized spacial score (nSPS) is 15.8. The first-order valence-electron chi connectivity index (χ1n) is 28.7. The molecule has 78 heavy (non-hydrogen) atoms. The van der Waals surface area contributed by atoms with Gasteiger partial charge in [-0.15, -0.1) is 0 Å². The van der Waals surface area contributed by atoms with Gasteiger partial charge in [-0.1, -0.05) is 19.6 Å². The van der Waals surface area contributed by atoms with Crippen LogP contribution in [0.2, 0.25) is 0 Å². The van der Waals surface area contributed by atoms with E-state index in [2.05, 4.69) is 53.4 Å². The monoisotopic (exact) mass is 1120 g/mol. The fourth-order valence-corrected chi connectivity index (χ4v) is 9.97. The molecule has 0 fully saturated rings. The van der Waals surface area contributed by atoms with Crippen molar-refractivity contribution in [3.05, 3.63) is 24.8 Å². The van der Waals surface area contributed by atoms with E-state index < -0.39 is 85.0 Å². The average Bonchev–Trinajstić information content (AvgIpc) is 3.19. The van der Waals surface area contributed by atoms with Gasteiger partial charge in [0.1, 0.15) is 11.7 Å². The highest BCUT2D eigenvalue weighted by Gasteiger charge is 2.48. The van der Waals surface area contributed by atoms with Crippen molar-refractivity contribution in [2.75, 3.05) is 59.6 Å². The van der Waals surface area contributed by atoms with Gasteiger partial charge in [-0.05, 0) is 210 Å². The molecule has 0 amide bonds. The molecule has 16 nitrogen and oxygen atoms in total. The number of ether oxygens (including phenoxy) is 9. The summed E-state index contributed by atoms with van der Waals surface area (Å²) in [5.74, 6) is -1.07. The van der Waals surface area contributed by atoms with E-state index in [0.717, 1.165) is 6.08 Å². The third-order valence-electron chi connectivity index (χ3n) is 13.6. The highest BCUT2D eigenvalue weighted by Crippen LogP contribution is 2.47. The Labute approximate surface area is 475 Å². The Morgan fingerprint density at radius 2 is 0.859 bits per heavy atom. The molecular weight excluding hydrogens is 999 g/mol. The molecule has 0 radical (unpaired) electrons. The highest BCUT2D eigenvalue weighted by molar-refractivity contribution is 5.82. The molecule has 0 saturated carbocycles. The summed E-state index contributed by atoms with van der Waals surface area (Å²) in [5.41, 5.74) is -10.1. The molecular formula is C62H119NO15. The minimum atomic E-state index is -0.948. The molecule has 0 rings (SSSR count). The number of aliphatic hydroxyl groups is 4. The Morgan fingerprint density at radius 3 is 1.24 bits per heavy atom. The topological polar surface area (TPSA) is 210 Å². The van der Waals surface area contributed by atoms with Crippen molar-refractivity contribution >= 4 is 11.9 Å². The van der Waals surface area contributed by atoms with Gasteiger partial charge < -0.3 is 63.1 Å². The summed E-state index contributed by atoms with van der Waals surface area (Å²) in [6.07, 6.45) is 8.10. The summed E-state index contributed by atoms with van der Waals surface area (Å²) in [5, 5.41) is 46.5. The van der Waals surface area contributed by atoms with Crippen LogP contribution >= 0.6 is 0 Å². The fraction of sp³-hybridized carbons (Fsp3) is 0.903. The van der Waals surface area contributed by atoms with Gasteiger partial charge in [0.25, 0.3) is 0 Å².